The van der Waals surface area contributed by atoms with E-state index in [1.807, 2.05) is 0 Å². The SMILES string of the molecule is COc1ccc(O)c(-c2nn3c(C(F)(F)F)nnc3s2)c1. The first-order chi connectivity index (χ1) is 9.90. The number of halogens is 3. The van der Waals surface area contributed by atoms with Crippen molar-refractivity contribution in [1.29, 1.82) is 0 Å². The highest BCUT2D eigenvalue weighted by molar-refractivity contribution is 7.19. The molecule has 0 radical (unpaired) electrons. The number of rotatable bonds is 2. The van der Waals surface area contributed by atoms with Gasteiger partial charge in [0.05, 0.1) is 12.7 Å². The number of hydrogen-bond donors (Lipinski definition) is 1. The fraction of sp³-hybridized carbons (Fsp3) is 0.182. The van der Waals surface area contributed by atoms with Gasteiger partial charge < -0.3 is 9.84 Å². The van der Waals surface area contributed by atoms with Crippen LogP contribution in [0, 0.1) is 0 Å². The summed E-state index contributed by atoms with van der Waals surface area (Å²) in [4.78, 5) is -0.0143. The van der Waals surface area contributed by atoms with Crippen LogP contribution >= 0.6 is 11.3 Å². The highest BCUT2D eigenvalue weighted by Gasteiger charge is 2.38. The third-order valence-electron chi connectivity index (χ3n) is 2.68. The summed E-state index contributed by atoms with van der Waals surface area (Å²) in [5, 5.41) is 20.3. The first kappa shape index (κ1) is 13.6. The maximum absolute atomic E-state index is 12.7. The van der Waals surface area contributed by atoms with Gasteiger partial charge in [0, 0.05) is 0 Å². The van der Waals surface area contributed by atoms with Gasteiger partial charge in [0.25, 0.3) is 5.82 Å². The normalized spacial score (nSPS) is 12.0. The summed E-state index contributed by atoms with van der Waals surface area (Å²) in [5.74, 6) is -0.874. The maximum Gasteiger partial charge on any atom is 0.453 e. The van der Waals surface area contributed by atoms with E-state index >= 15 is 0 Å². The molecule has 0 aliphatic carbocycles. The lowest BCUT2D eigenvalue weighted by Crippen LogP contribution is -2.11. The van der Waals surface area contributed by atoms with Crippen LogP contribution in [0.2, 0.25) is 0 Å². The quantitative estimate of drug-likeness (QED) is 0.787. The molecule has 0 saturated carbocycles. The van der Waals surface area contributed by atoms with E-state index in [-0.39, 0.29) is 21.3 Å². The fourth-order valence-electron chi connectivity index (χ4n) is 1.72. The zero-order valence-corrected chi connectivity index (χ0v) is 11.2. The molecule has 110 valence electrons. The molecule has 10 heteroatoms. The lowest BCUT2D eigenvalue weighted by Gasteiger charge is -2.04. The molecule has 0 spiro atoms. The van der Waals surface area contributed by atoms with Crippen LogP contribution in [0.25, 0.3) is 15.5 Å². The number of benzene rings is 1. The van der Waals surface area contributed by atoms with Gasteiger partial charge in [-0.05, 0) is 18.2 Å². The fourth-order valence-corrected chi connectivity index (χ4v) is 2.58. The Morgan fingerprint density at radius 1 is 1.29 bits per heavy atom. The molecule has 6 nitrogen and oxygen atoms in total. The molecule has 2 heterocycles. The third kappa shape index (κ3) is 2.27. The second kappa shape index (κ2) is 4.58. The first-order valence-electron chi connectivity index (χ1n) is 5.57. The van der Waals surface area contributed by atoms with Crippen LogP contribution in [-0.4, -0.2) is 32.0 Å². The van der Waals surface area contributed by atoms with Crippen LogP contribution in [0.5, 0.6) is 11.5 Å². The molecule has 0 atom stereocenters. The Hall–Kier alpha value is -2.36. The zero-order chi connectivity index (χ0) is 15.2. The van der Waals surface area contributed by atoms with Gasteiger partial charge in [0.2, 0.25) is 4.96 Å². The topological polar surface area (TPSA) is 72.5 Å². The molecule has 0 aliphatic heterocycles. The maximum atomic E-state index is 12.7. The van der Waals surface area contributed by atoms with Crippen molar-refractivity contribution in [2.75, 3.05) is 7.11 Å². The molecule has 3 rings (SSSR count). The largest absolute Gasteiger partial charge is 0.507 e. The van der Waals surface area contributed by atoms with Crippen LogP contribution in [-0.2, 0) is 6.18 Å². The minimum Gasteiger partial charge on any atom is -0.507 e. The van der Waals surface area contributed by atoms with Crippen LogP contribution in [0.15, 0.2) is 18.2 Å². The molecular weight excluding hydrogens is 309 g/mol. The molecule has 0 aliphatic rings. The predicted octanol–water partition coefficient (Wildman–Crippen LogP) is 2.59. The molecule has 0 unspecified atom stereocenters. The number of aromatic hydroxyl groups is 1. The average Bonchev–Trinajstić information content (AvgIpc) is 2.97. The molecule has 1 aromatic carbocycles. The molecule has 1 N–H and O–H groups in total. The van der Waals surface area contributed by atoms with Gasteiger partial charge in [-0.25, -0.2) is 0 Å². The monoisotopic (exact) mass is 316 g/mol. The smallest absolute Gasteiger partial charge is 0.453 e. The highest BCUT2D eigenvalue weighted by atomic mass is 32.1. The zero-order valence-electron chi connectivity index (χ0n) is 10.4. The van der Waals surface area contributed by atoms with Crippen molar-refractivity contribution < 1.29 is 23.0 Å². The van der Waals surface area contributed by atoms with Crippen molar-refractivity contribution >= 4 is 16.3 Å². The van der Waals surface area contributed by atoms with E-state index < -0.39 is 12.0 Å². The Bertz CT molecular complexity index is 812. The van der Waals surface area contributed by atoms with Crippen molar-refractivity contribution in [3.63, 3.8) is 0 Å². The molecule has 21 heavy (non-hydrogen) atoms. The van der Waals surface area contributed by atoms with E-state index in [1.165, 1.54) is 25.3 Å². The summed E-state index contributed by atoms with van der Waals surface area (Å²) in [6, 6.07) is 4.38. The molecule has 0 saturated heterocycles. The minimum absolute atomic E-state index is 0.0143. The number of fused-ring (bicyclic) bond motifs is 1. The lowest BCUT2D eigenvalue weighted by atomic mass is 10.2. The van der Waals surface area contributed by atoms with Crippen molar-refractivity contribution in [2.45, 2.75) is 6.18 Å². The standard InChI is InChI=1S/C11H7F3N4O2S/c1-20-5-2-3-7(19)6(4-5)8-17-18-9(11(12,13)14)15-16-10(18)21-8/h2-4,19H,1H3. The van der Waals surface area contributed by atoms with E-state index in [0.717, 1.165) is 11.3 Å². The Morgan fingerprint density at radius 3 is 2.71 bits per heavy atom. The van der Waals surface area contributed by atoms with Gasteiger partial charge >= 0.3 is 6.18 Å². The molecule has 3 aromatic rings. The van der Waals surface area contributed by atoms with E-state index in [2.05, 4.69) is 15.3 Å². The number of phenols is 1. The predicted molar refractivity (Wildman–Crippen MR) is 67.3 cm³/mol. The number of ether oxygens (including phenoxy) is 1. The van der Waals surface area contributed by atoms with Gasteiger partial charge in [-0.15, -0.1) is 10.2 Å². The Kier molecular flexibility index (Phi) is 2.97. The molecular formula is C11H7F3N4O2S. The second-order valence-electron chi connectivity index (χ2n) is 4.01. The van der Waals surface area contributed by atoms with Crippen LogP contribution < -0.4 is 4.74 Å². The van der Waals surface area contributed by atoms with Gasteiger partial charge in [-0.1, -0.05) is 11.3 Å². The van der Waals surface area contributed by atoms with Gasteiger partial charge in [-0.3, -0.25) is 0 Å². The number of nitrogens with zero attached hydrogens (tertiary/aromatic N) is 4. The molecule has 0 amide bonds. The van der Waals surface area contributed by atoms with Crippen LogP contribution in [0.4, 0.5) is 13.2 Å². The summed E-state index contributed by atoms with van der Waals surface area (Å²) in [6.07, 6.45) is -4.65. The van der Waals surface area contributed by atoms with E-state index in [9.17, 15) is 18.3 Å². The van der Waals surface area contributed by atoms with Crippen molar-refractivity contribution in [1.82, 2.24) is 19.8 Å². The number of phenolic OH excluding ortho intramolecular Hbond substituents is 1. The highest BCUT2D eigenvalue weighted by Crippen LogP contribution is 2.36. The Labute approximate surface area is 119 Å². The summed E-state index contributed by atoms with van der Waals surface area (Å²) in [7, 11) is 1.44. The molecule has 0 bridgehead atoms. The number of alkyl halides is 3. The second-order valence-corrected chi connectivity index (χ2v) is 4.96. The first-order valence-corrected chi connectivity index (χ1v) is 6.38. The van der Waals surface area contributed by atoms with Crippen LogP contribution in [0.3, 0.4) is 0 Å². The molecule has 0 fully saturated rings. The van der Waals surface area contributed by atoms with E-state index in [4.69, 9.17) is 4.74 Å². The van der Waals surface area contributed by atoms with Crippen molar-refractivity contribution in [3.05, 3.63) is 24.0 Å². The lowest BCUT2D eigenvalue weighted by molar-refractivity contribution is -0.146. The van der Waals surface area contributed by atoms with E-state index in [1.54, 1.807) is 0 Å². The summed E-state index contributed by atoms with van der Waals surface area (Å²) in [6.45, 7) is 0. The third-order valence-corrected chi connectivity index (χ3v) is 3.61. The Balaban J connectivity index is 2.16. The number of aromatic nitrogens is 4. The average molecular weight is 316 g/mol. The molecule has 2 aromatic heterocycles. The summed E-state index contributed by atoms with van der Waals surface area (Å²) >= 11 is 0.883. The van der Waals surface area contributed by atoms with Gasteiger partial charge in [-0.2, -0.15) is 22.8 Å². The van der Waals surface area contributed by atoms with Crippen molar-refractivity contribution in [2.24, 2.45) is 0 Å². The number of methoxy groups -OCH3 is 1. The Morgan fingerprint density at radius 2 is 2.05 bits per heavy atom. The van der Waals surface area contributed by atoms with Crippen LogP contribution in [0.1, 0.15) is 5.82 Å². The minimum atomic E-state index is -4.65. The van der Waals surface area contributed by atoms with Gasteiger partial charge in [0.1, 0.15) is 11.5 Å². The summed E-state index contributed by atoms with van der Waals surface area (Å²) in [5.41, 5.74) is 0.262. The van der Waals surface area contributed by atoms with Crippen molar-refractivity contribution in [3.8, 4) is 22.1 Å². The van der Waals surface area contributed by atoms with E-state index in [0.29, 0.717) is 10.3 Å². The number of hydrogen-bond acceptors (Lipinski definition) is 6. The van der Waals surface area contributed by atoms with Gasteiger partial charge in [0.15, 0.2) is 5.01 Å². The summed E-state index contributed by atoms with van der Waals surface area (Å²) < 4.78 is 43.8.